The lowest BCUT2D eigenvalue weighted by Crippen LogP contribution is -2.04. The highest BCUT2D eigenvalue weighted by Gasteiger charge is 2.12. The molecule has 3 heterocycles. The Morgan fingerprint density at radius 2 is 2.17 bits per heavy atom. The Kier molecular flexibility index (Phi) is 4.02. The molecule has 0 aliphatic carbocycles. The van der Waals surface area contributed by atoms with Crippen LogP contribution >= 0.6 is 0 Å². The van der Waals surface area contributed by atoms with Gasteiger partial charge in [-0.15, -0.1) is 0 Å². The van der Waals surface area contributed by atoms with E-state index in [0.717, 1.165) is 0 Å². The maximum absolute atomic E-state index is 11.0. The summed E-state index contributed by atoms with van der Waals surface area (Å²) in [5.74, 6) is -0.273. The van der Waals surface area contributed by atoms with Crippen LogP contribution in [0, 0.1) is 0 Å². The van der Waals surface area contributed by atoms with E-state index in [1.807, 2.05) is 0 Å². The van der Waals surface area contributed by atoms with Crippen LogP contribution in [0.3, 0.4) is 0 Å². The minimum Gasteiger partial charge on any atom is -0.476 e. The predicted molar refractivity (Wildman–Crippen MR) is 77.9 cm³/mol. The summed E-state index contributed by atoms with van der Waals surface area (Å²) in [7, 11) is 1.56. The second-order valence-electron chi connectivity index (χ2n) is 4.54. The van der Waals surface area contributed by atoms with Crippen molar-refractivity contribution in [2.45, 2.75) is 6.61 Å². The van der Waals surface area contributed by atoms with Crippen LogP contribution in [-0.2, 0) is 11.3 Å². The number of carboxylic acid groups (broad SMARTS) is 1. The number of hydrogen-bond donors (Lipinski definition) is 1. The van der Waals surface area contributed by atoms with Crippen LogP contribution in [0.2, 0.25) is 0 Å². The fourth-order valence-electron chi connectivity index (χ4n) is 1.92. The van der Waals surface area contributed by atoms with E-state index in [0.29, 0.717) is 23.0 Å². The molecule has 9 nitrogen and oxygen atoms in total. The molecule has 23 heavy (non-hydrogen) atoms. The van der Waals surface area contributed by atoms with E-state index in [1.165, 1.54) is 17.1 Å². The van der Waals surface area contributed by atoms with Crippen LogP contribution in [0.5, 0.6) is 0 Å². The van der Waals surface area contributed by atoms with Crippen LogP contribution < -0.4 is 0 Å². The highest BCUT2D eigenvalue weighted by atomic mass is 16.5. The van der Waals surface area contributed by atoms with Crippen LogP contribution in [0.4, 0.5) is 0 Å². The lowest BCUT2D eigenvalue weighted by atomic mass is 10.3. The minimum absolute atomic E-state index is 0.0713. The Morgan fingerprint density at radius 3 is 2.83 bits per heavy atom. The van der Waals surface area contributed by atoms with Crippen LogP contribution in [0.15, 0.2) is 37.2 Å². The molecule has 0 aromatic carbocycles. The van der Waals surface area contributed by atoms with Gasteiger partial charge in [-0.05, 0) is 0 Å². The van der Waals surface area contributed by atoms with Crippen LogP contribution in [0.1, 0.15) is 16.2 Å². The number of rotatable bonds is 5. The molecule has 1 N–H and O–H groups in total. The van der Waals surface area contributed by atoms with E-state index in [2.05, 4.69) is 24.9 Å². The predicted octanol–water partition coefficient (Wildman–Crippen LogP) is 0.964. The molecule has 0 saturated carbocycles. The maximum Gasteiger partial charge on any atom is 0.356 e. The molecule has 3 aromatic rings. The number of methoxy groups -OCH3 is 1. The number of ether oxygens (including phenoxy) is 1. The molecule has 0 unspecified atom stereocenters. The molecule has 3 rings (SSSR count). The molecule has 0 amide bonds. The van der Waals surface area contributed by atoms with Crippen molar-refractivity contribution in [1.82, 2.24) is 29.5 Å². The van der Waals surface area contributed by atoms with Gasteiger partial charge in [-0.25, -0.2) is 24.7 Å². The number of aromatic nitrogens is 6. The molecular weight excluding hydrogens is 300 g/mol. The smallest absolute Gasteiger partial charge is 0.356 e. The van der Waals surface area contributed by atoms with Gasteiger partial charge in [-0.1, -0.05) is 0 Å². The Morgan fingerprint density at radius 1 is 1.30 bits per heavy atom. The van der Waals surface area contributed by atoms with Crippen molar-refractivity contribution in [1.29, 1.82) is 0 Å². The van der Waals surface area contributed by atoms with Crippen molar-refractivity contribution in [3.63, 3.8) is 0 Å². The number of hydrogen-bond acceptors (Lipinski definition) is 7. The van der Waals surface area contributed by atoms with Gasteiger partial charge >= 0.3 is 5.97 Å². The number of nitrogens with zero attached hydrogens (tertiary/aromatic N) is 6. The fraction of sp³-hybridized carbons (Fsp3) is 0.143. The highest BCUT2D eigenvalue weighted by Crippen LogP contribution is 2.15. The first-order valence-corrected chi connectivity index (χ1v) is 6.58. The summed E-state index contributed by atoms with van der Waals surface area (Å²) < 4.78 is 6.61. The van der Waals surface area contributed by atoms with Crippen LogP contribution in [0.25, 0.3) is 17.3 Å². The van der Waals surface area contributed by atoms with Gasteiger partial charge in [0.25, 0.3) is 0 Å². The summed E-state index contributed by atoms with van der Waals surface area (Å²) in [6.45, 7) is 0.281. The maximum atomic E-state index is 11.0. The van der Waals surface area contributed by atoms with Gasteiger partial charge in [0.05, 0.1) is 18.5 Å². The van der Waals surface area contributed by atoms with E-state index in [9.17, 15) is 4.79 Å². The van der Waals surface area contributed by atoms with Gasteiger partial charge in [0.1, 0.15) is 17.8 Å². The quantitative estimate of drug-likeness (QED) is 0.740. The topological polar surface area (TPSA) is 116 Å². The number of carboxylic acids is 1. The van der Waals surface area contributed by atoms with E-state index >= 15 is 0 Å². The largest absolute Gasteiger partial charge is 0.476 e. The molecular formula is C14H12N6O3. The standard InChI is InChI=1S/C14H12N6O3/c1-23-7-9-4-12(20-6-11(14(21)22)17-8-20)19-13(18-9)10-5-15-2-3-16-10/h2-6,8H,7H2,1H3,(H,21,22). The van der Waals surface area contributed by atoms with E-state index in [4.69, 9.17) is 9.84 Å². The van der Waals surface area contributed by atoms with Gasteiger partial charge in [0, 0.05) is 31.8 Å². The summed E-state index contributed by atoms with van der Waals surface area (Å²) >= 11 is 0. The first kappa shape index (κ1) is 14.7. The van der Waals surface area contributed by atoms with Crippen molar-refractivity contribution in [3.8, 4) is 17.3 Å². The Bertz CT molecular complexity index is 834. The molecule has 0 saturated heterocycles. The second kappa shape index (κ2) is 6.28. The molecule has 3 aromatic heterocycles. The van der Waals surface area contributed by atoms with Crippen molar-refractivity contribution < 1.29 is 14.6 Å². The molecule has 0 aliphatic rings. The molecule has 9 heteroatoms. The Labute approximate surface area is 130 Å². The molecule has 116 valence electrons. The first-order valence-electron chi connectivity index (χ1n) is 6.58. The molecule has 0 atom stereocenters. The molecule has 0 bridgehead atoms. The number of aromatic carboxylic acids is 1. The second-order valence-corrected chi connectivity index (χ2v) is 4.54. The van der Waals surface area contributed by atoms with Gasteiger partial charge in [-0.2, -0.15) is 0 Å². The zero-order valence-corrected chi connectivity index (χ0v) is 12.1. The number of carbonyl (C=O) groups is 1. The third kappa shape index (κ3) is 3.19. The fourth-order valence-corrected chi connectivity index (χ4v) is 1.92. The number of imidazole rings is 1. The molecule has 0 spiro atoms. The van der Waals surface area contributed by atoms with E-state index in [1.54, 1.807) is 31.8 Å². The summed E-state index contributed by atoms with van der Waals surface area (Å²) in [6, 6.07) is 1.69. The Balaban J connectivity index is 2.08. The SMILES string of the molecule is COCc1cc(-n2cnc(C(=O)O)c2)nc(-c2cnccn2)n1. The molecule has 0 fully saturated rings. The zero-order valence-electron chi connectivity index (χ0n) is 12.1. The van der Waals surface area contributed by atoms with Crippen molar-refractivity contribution in [3.05, 3.63) is 48.6 Å². The lowest BCUT2D eigenvalue weighted by molar-refractivity contribution is 0.0691. The van der Waals surface area contributed by atoms with Gasteiger partial charge in [-0.3, -0.25) is 9.55 Å². The average Bonchev–Trinajstić information content (AvgIpc) is 3.06. The molecule has 0 radical (unpaired) electrons. The third-order valence-corrected chi connectivity index (χ3v) is 2.92. The highest BCUT2D eigenvalue weighted by molar-refractivity contribution is 5.85. The summed E-state index contributed by atoms with van der Waals surface area (Å²) in [5.41, 5.74) is 1.06. The first-order chi connectivity index (χ1) is 11.2. The van der Waals surface area contributed by atoms with Crippen LogP contribution in [-0.4, -0.2) is 47.7 Å². The molecule has 0 aliphatic heterocycles. The van der Waals surface area contributed by atoms with E-state index in [-0.39, 0.29) is 12.3 Å². The monoisotopic (exact) mass is 312 g/mol. The van der Waals surface area contributed by atoms with Gasteiger partial charge in [0.15, 0.2) is 11.5 Å². The normalized spacial score (nSPS) is 10.7. The third-order valence-electron chi connectivity index (χ3n) is 2.92. The zero-order chi connectivity index (χ0) is 16.2. The van der Waals surface area contributed by atoms with Gasteiger partial charge < -0.3 is 9.84 Å². The van der Waals surface area contributed by atoms with Gasteiger partial charge in [0.2, 0.25) is 0 Å². The lowest BCUT2D eigenvalue weighted by Gasteiger charge is -2.07. The minimum atomic E-state index is -1.11. The van der Waals surface area contributed by atoms with Crippen molar-refractivity contribution in [2.24, 2.45) is 0 Å². The summed E-state index contributed by atoms with van der Waals surface area (Å²) in [5, 5.41) is 8.97. The Hall–Kier alpha value is -3.20. The van der Waals surface area contributed by atoms with Crippen molar-refractivity contribution in [2.75, 3.05) is 7.11 Å². The van der Waals surface area contributed by atoms with Crippen molar-refractivity contribution >= 4 is 5.97 Å². The average molecular weight is 312 g/mol. The summed E-state index contributed by atoms with van der Waals surface area (Å²) in [6.07, 6.45) is 7.40. The summed E-state index contributed by atoms with van der Waals surface area (Å²) in [4.78, 5) is 31.7. The van der Waals surface area contributed by atoms with E-state index < -0.39 is 5.97 Å².